The number of hydrogen-bond acceptors (Lipinski definition) is 4. The number of benzene rings is 1. The third-order valence-electron chi connectivity index (χ3n) is 3.25. The first-order chi connectivity index (χ1) is 10.2. The number of carbonyl (C=O) groups excluding carboxylic acids is 1. The first-order valence-electron chi connectivity index (χ1n) is 7.22. The SMILES string of the molecule is CCN(CCCNC(=O)c1cc(C)on1)c1ccccc1. The summed E-state index contributed by atoms with van der Waals surface area (Å²) in [4.78, 5) is 14.1. The van der Waals surface area contributed by atoms with Gasteiger partial charge >= 0.3 is 0 Å². The molecule has 0 aliphatic heterocycles. The van der Waals surface area contributed by atoms with Gasteiger partial charge in [0.2, 0.25) is 0 Å². The highest BCUT2D eigenvalue weighted by atomic mass is 16.5. The molecule has 1 aromatic heterocycles. The smallest absolute Gasteiger partial charge is 0.273 e. The second kappa shape index (κ2) is 7.47. The minimum atomic E-state index is -0.186. The summed E-state index contributed by atoms with van der Waals surface area (Å²) in [5, 5.41) is 6.55. The number of nitrogens with zero attached hydrogens (tertiary/aromatic N) is 2. The largest absolute Gasteiger partial charge is 0.372 e. The van der Waals surface area contributed by atoms with E-state index < -0.39 is 0 Å². The molecule has 0 saturated carbocycles. The van der Waals surface area contributed by atoms with Crippen molar-refractivity contribution in [1.29, 1.82) is 0 Å². The first kappa shape index (κ1) is 15.1. The van der Waals surface area contributed by atoms with E-state index in [9.17, 15) is 4.79 Å². The number of hydrogen-bond donors (Lipinski definition) is 1. The maximum Gasteiger partial charge on any atom is 0.273 e. The Balaban J connectivity index is 1.75. The molecule has 0 spiro atoms. The zero-order valence-corrected chi connectivity index (χ0v) is 12.5. The lowest BCUT2D eigenvalue weighted by Crippen LogP contribution is -2.30. The molecule has 1 aromatic carbocycles. The van der Waals surface area contributed by atoms with Gasteiger partial charge in [0.15, 0.2) is 5.69 Å². The third kappa shape index (κ3) is 4.34. The average Bonchev–Trinajstić information content (AvgIpc) is 2.95. The van der Waals surface area contributed by atoms with Crippen molar-refractivity contribution in [1.82, 2.24) is 10.5 Å². The van der Waals surface area contributed by atoms with Gasteiger partial charge in [0, 0.05) is 31.4 Å². The number of aryl methyl sites for hydroxylation is 1. The highest BCUT2D eigenvalue weighted by Crippen LogP contribution is 2.12. The number of aromatic nitrogens is 1. The van der Waals surface area contributed by atoms with Crippen LogP contribution in [0.2, 0.25) is 0 Å². The number of rotatable bonds is 7. The minimum absolute atomic E-state index is 0.186. The van der Waals surface area contributed by atoms with Gasteiger partial charge in [-0.25, -0.2) is 0 Å². The van der Waals surface area contributed by atoms with Gasteiger partial charge in [0.25, 0.3) is 5.91 Å². The second-order valence-electron chi connectivity index (χ2n) is 4.85. The van der Waals surface area contributed by atoms with Gasteiger partial charge in [-0.2, -0.15) is 0 Å². The fourth-order valence-electron chi connectivity index (χ4n) is 2.14. The Morgan fingerprint density at radius 1 is 1.33 bits per heavy atom. The van der Waals surface area contributed by atoms with Crippen molar-refractivity contribution in [2.24, 2.45) is 0 Å². The molecule has 0 radical (unpaired) electrons. The monoisotopic (exact) mass is 287 g/mol. The van der Waals surface area contributed by atoms with Crippen LogP contribution in [0.5, 0.6) is 0 Å². The second-order valence-corrected chi connectivity index (χ2v) is 4.85. The molecule has 2 aromatic rings. The van der Waals surface area contributed by atoms with Crippen molar-refractivity contribution >= 4 is 11.6 Å². The van der Waals surface area contributed by atoms with Crippen LogP contribution in [0.25, 0.3) is 0 Å². The maximum atomic E-state index is 11.8. The van der Waals surface area contributed by atoms with Crippen LogP contribution in [0.4, 0.5) is 5.69 Å². The van der Waals surface area contributed by atoms with Crippen molar-refractivity contribution in [2.45, 2.75) is 20.3 Å². The fraction of sp³-hybridized carbons (Fsp3) is 0.375. The number of anilines is 1. The maximum absolute atomic E-state index is 11.8. The molecule has 5 nitrogen and oxygen atoms in total. The highest BCUT2D eigenvalue weighted by Gasteiger charge is 2.10. The fourth-order valence-corrected chi connectivity index (χ4v) is 2.14. The normalized spacial score (nSPS) is 10.4. The van der Waals surface area contributed by atoms with Crippen LogP contribution < -0.4 is 10.2 Å². The van der Waals surface area contributed by atoms with Crippen LogP contribution in [0, 0.1) is 6.92 Å². The van der Waals surface area contributed by atoms with E-state index >= 15 is 0 Å². The lowest BCUT2D eigenvalue weighted by atomic mass is 10.2. The number of carbonyl (C=O) groups is 1. The van der Waals surface area contributed by atoms with E-state index in [2.05, 4.69) is 34.4 Å². The molecule has 0 fully saturated rings. The summed E-state index contributed by atoms with van der Waals surface area (Å²) in [5.74, 6) is 0.455. The molecule has 0 bridgehead atoms. The van der Waals surface area contributed by atoms with Gasteiger partial charge in [-0.1, -0.05) is 23.4 Å². The van der Waals surface area contributed by atoms with E-state index in [0.29, 0.717) is 18.0 Å². The molecule has 0 aliphatic rings. The van der Waals surface area contributed by atoms with Crippen molar-refractivity contribution in [3.63, 3.8) is 0 Å². The molecule has 1 heterocycles. The minimum Gasteiger partial charge on any atom is -0.372 e. The molecule has 21 heavy (non-hydrogen) atoms. The van der Waals surface area contributed by atoms with Crippen molar-refractivity contribution in [3.05, 3.63) is 47.9 Å². The van der Waals surface area contributed by atoms with E-state index in [0.717, 1.165) is 19.5 Å². The molecule has 1 amide bonds. The Morgan fingerprint density at radius 2 is 2.10 bits per heavy atom. The summed E-state index contributed by atoms with van der Waals surface area (Å²) >= 11 is 0. The van der Waals surface area contributed by atoms with Crippen LogP contribution in [0.1, 0.15) is 29.6 Å². The highest BCUT2D eigenvalue weighted by molar-refractivity contribution is 5.92. The Bertz CT molecular complexity index is 566. The van der Waals surface area contributed by atoms with Crippen LogP contribution in [-0.4, -0.2) is 30.7 Å². The Morgan fingerprint density at radius 3 is 2.71 bits per heavy atom. The summed E-state index contributed by atoms with van der Waals surface area (Å²) in [5.41, 5.74) is 1.54. The van der Waals surface area contributed by atoms with E-state index in [4.69, 9.17) is 4.52 Å². The predicted molar refractivity (Wildman–Crippen MR) is 82.5 cm³/mol. The molecular weight excluding hydrogens is 266 g/mol. The summed E-state index contributed by atoms with van der Waals surface area (Å²) in [6, 6.07) is 11.9. The van der Waals surface area contributed by atoms with Crippen LogP contribution in [0.3, 0.4) is 0 Å². The van der Waals surface area contributed by atoms with Gasteiger partial charge in [-0.15, -0.1) is 0 Å². The van der Waals surface area contributed by atoms with Gasteiger partial charge in [-0.3, -0.25) is 4.79 Å². The van der Waals surface area contributed by atoms with Gasteiger partial charge in [-0.05, 0) is 32.4 Å². The summed E-state index contributed by atoms with van der Waals surface area (Å²) < 4.78 is 4.89. The number of para-hydroxylation sites is 1. The van der Waals surface area contributed by atoms with Crippen molar-refractivity contribution in [3.8, 4) is 0 Å². The van der Waals surface area contributed by atoms with E-state index in [-0.39, 0.29) is 5.91 Å². The first-order valence-corrected chi connectivity index (χ1v) is 7.22. The zero-order valence-electron chi connectivity index (χ0n) is 12.5. The van der Waals surface area contributed by atoms with Crippen LogP contribution in [-0.2, 0) is 0 Å². The average molecular weight is 287 g/mol. The molecule has 2 rings (SSSR count). The van der Waals surface area contributed by atoms with E-state index in [1.54, 1.807) is 13.0 Å². The Kier molecular flexibility index (Phi) is 5.37. The molecule has 0 saturated heterocycles. The molecule has 0 unspecified atom stereocenters. The molecule has 0 aliphatic carbocycles. The number of amides is 1. The van der Waals surface area contributed by atoms with Gasteiger partial charge < -0.3 is 14.7 Å². The van der Waals surface area contributed by atoms with Gasteiger partial charge in [0.1, 0.15) is 5.76 Å². The quantitative estimate of drug-likeness (QED) is 0.795. The summed E-state index contributed by atoms with van der Waals surface area (Å²) in [6.07, 6.45) is 0.880. The van der Waals surface area contributed by atoms with E-state index in [1.165, 1.54) is 5.69 Å². The summed E-state index contributed by atoms with van der Waals surface area (Å²) in [7, 11) is 0. The number of nitrogens with one attached hydrogen (secondary N) is 1. The zero-order chi connectivity index (χ0) is 15.1. The van der Waals surface area contributed by atoms with Gasteiger partial charge in [0.05, 0.1) is 0 Å². The summed E-state index contributed by atoms with van der Waals surface area (Å²) in [6.45, 7) is 6.36. The van der Waals surface area contributed by atoms with Crippen molar-refractivity contribution < 1.29 is 9.32 Å². The lowest BCUT2D eigenvalue weighted by Gasteiger charge is -2.23. The molecule has 112 valence electrons. The molecule has 1 N–H and O–H groups in total. The molecule has 5 heteroatoms. The Labute approximate surface area is 124 Å². The predicted octanol–water partition coefficient (Wildman–Crippen LogP) is 2.63. The topological polar surface area (TPSA) is 58.4 Å². The lowest BCUT2D eigenvalue weighted by molar-refractivity contribution is 0.0944. The Hall–Kier alpha value is -2.30. The van der Waals surface area contributed by atoms with Crippen LogP contribution in [0.15, 0.2) is 40.9 Å². The third-order valence-corrected chi connectivity index (χ3v) is 3.25. The van der Waals surface area contributed by atoms with E-state index in [1.807, 2.05) is 18.2 Å². The standard InChI is InChI=1S/C16H21N3O2/c1-3-19(14-8-5-4-6-9-14)11-7-10-17-16(20)15-12-13(2)21-18-15/h4-6,8-9,12H,3,7,10-11H2,1-2H3,(H,17,20). The van der Waals surface area contributed by atoms with Crippen LogP contribution >= 0.6 is 0 Å². The van der Waals surface area contributed by atoms with Crippen molar-refractivity contribution in [2.75, 3.05) is 24.5 Å². The molecular formula is C16H21N3O2. The molecule has 0 atom stereocenters.